The molecule has 2 aromatic carbocycles. The molecule has 0 aliphatic heterocycles. The van der Waals surface area contributed by atoms with E-state index in [1.165, 1.54) is 0 Å². The lowest BCUT2D eigenvalue weighted by Gasteiger charge is -2.09. The zero-order valence-corrected chi connectivity index (χ0v) is 15.1. The number of aryl methyl sites for hydroxylation is 1. The molecule has 0 amide bonds. The van der Waals surface area contributed by atoms with Gasteiger partial charge in [0.15, 0.2) is 5.82 Å². The van der Waals surface area contributed by atoms with E-state index >= 15 is 0 Å². The van der Waals surface area contributed by atoms with Crippen LogP contribution in [0.25, 0.3) is 22.5 Å². The quantitative estimate of drug-likeness (QED) is 0.532. The molecule has 4 aromatic rings. The van der Waals surface area contributed by atoms with Crippen molar-refractivity contribution < 1.29 is 0 Å². The number of thiol groups is 1. The fraction of sp³-hybridized carbons (Fsp3) is 0.167. The minimum atomic E-state index is 0.507. The van der Waals surface area contributed by atoms with Crippen molar-refractivity contribution in [2.24, 2.45) is 0 Å². The monoisotopic (exact) mass is 363 g/mol. The van der Waals surface area contributed by atoms with E-state index in [0.717, 1.165) is 34.5 Å². The number of nitrogens with zero attached hydrogens (tertiary/aromatic N) is 6. The molecule has 8 heteroatoms. The van der Waals surface area contributed by atoms with Crippen LogP contribution in [-0.2, 0) is 13.0 Å². The number of hydrogen-bond acceptors (Lipinski definition) is 6. The highest BCUT2D eigenvalue weighted by atomic mass is 32.1. The van der Waals surface area contributed by atoms with E-state index in [2.05, 4.69) is 80.6 Å². The molecular weight excluding hydrogens is 346 g/mol. The third-order valence-electron chi connectivity index (χ3n) is 4.18. The van der Waals surface area contributed by atoms with Gasteiger partial charge in [0.25, 0.3) is 0 Å². The minimum Gasteiger partial charge on any atom is -0.245 e. The van der Waals surface area contributed by atoms with Crippen LogP contribution in [0.3, 0.4) is 0 Å². The van der Waals surface area contributed by atoms with Crippen LogP contribution >= 0.6 is 12.6 Å². The van der Waals surface area contributed by atoms with Gasteiger partial charge in [0, 0.05) is 12.0 Å². The zero-order chi connectivity index (χ0) is 17.9. The highest BCUT2D eigenvalue weighted by Crippen LogP contribution is 2.29. The maximum Gasteiger partial charge on any atom is 0.205 e. The molecule has 0 atom stereocenters. The summed E-state index contributed by atoms with van der Waals surface area (Å²) in [7, 11) is 0. The SMILES string of the molecule is CCc1nc(S)nn1Cc1ccc(-c2ccccc2-c2nnn[nH]2)cc1. The van der Waals surface area contributed by atoms with Gasteiger partial charge in [0.2, 0.25) is 5.16 Å². The van der Waals surface area contributed by atoms with Gasteiger partial charge in [-0.15, -0.1) is 22.8 Å². The summed E-state index contributed by atoms with van der Waals surface area (Å²) in [5.74, 6) is 1.59. The number of rotatable bonds is 5. The number of benzene rings is 2. The van der Waals surface area contributed by atoms with E-state index in [0.29, 0.717) is 17.5 Å². The Balaban J connectivity index is 1.63. The first-order valence-electron chi connectivity index (χ1n) is 8.29. The van der Waals surface area contributed by atoms with Crippen LogP contribution in [0.15, 0.2) is 53.7 Å². The molecule has 0 aliphatic rings. The van der Waals surface area contributed by atoms with Gasteiger partial charge in [-0.05, 0) is 27.1 Å². The van der Waals surface area contributed by atoms with E-state index in [1.54, 1.807) is 0 Å². The predicted octanol–water partition coefficient (Wildman–Crippen LogP) is 3.02. The van der Waals surface area contributed by atoms with Crippen molar-refractivity contribution in [3.05, 3.63) is 59.9 Å². The average molecular weight is 363 g/mol. The number of tetrazole rings is 1. The van der Waals surface area contributed by atoms with E-state index < -0.39 is 0 Å². The highest BCUT2D eigenvalue weighted by molar-refractivity contribution is 7.80. The molecule has 2 aromatic heterocycles. The Bertz CT molecular complexity index is 1010. The smallest absolute Gasteiger partial charge is 0.205 e. The van der Waals surface area contributed by atoms with Crippen molar-refractivity contribution in [3.63, 3.8) is 0 Å². The van der Waals surface area contributed by atoms with Crippen LogP contribution in [0, 0.1) is 0 Å². The molecule has 26 heavy (non-hydrogen) atoms. The second-order valence-corrected chi connectivity index (χ2v) is 6.23. The molecule has 4 rings (SSSR count). The third-order valence-corrected chi connectivity index (χ3v) is 4.37. The average Bonchev–Trinajstić information content (AvgIpc) is 3.32. The number of H-pyrrole nitrogens is 1. The molecule has 0 saturated heterocycles. The summed E-state index contributed by atoms with van der Waals surface area (Å²) < 4.78 is 1.89. The lowest BCUT2D eigenvalue weighted by Crippen LogP contribution is -2.06. The van der Waals surface area contributed by atoms with E-state index in [-0.39, 0.29) is 0 Å². The van der Waals surface area contributed by atoms with Crippen molar-refractivity contribution in [3.8, 4) is 22.5 Å². The molecule has 1 N–H and O–H groups in total. The molecule has 0 saturated carbocycles. The molecule has 0 radical (unpaired) electrons. The maximum absolute atomic E-state index is 4.35. The van der Waals surface area contributed by atoms with Crippen LogP contribution in [0.5, 0.6) is 0 Å². The molecule has 130 valence electrons. The van der Waals surface area contributed by atoms with Crippen LogP contribution in [-0.4, -0.2) is 35.4 Å². The van der Waals surface area contributed by atoms with Gasteiger partial charge >= 0.3 is 0 Å². The number of aromatic nitrogens is 7. The third kappa shape index (κ3) is 3.23. The number of aromatic amines is 1. The van der Waals surface area contributed by atoms with Gasteiger partial charge < -0.3 is 0 Å². The van der Waals surface area contributed by atoms with Crippen molar-refractivity contribution in [1.82, 2.24) is 35.4 Å². The molecule has 0 fully saturated rings. The molecule has 7 nitrogen and oxygen atoms in total. The lowest BCUT2D eigenvalue weighted by atomic mass is 9.98. The Morgan fingerprint density at radius 1 is 1.04 bits per heavy atom. The molecule has 2 heterocycles. The Hall–Kier alpha value is -3.00. The Kier molecular flexibility index (Phi) is 4.49. The first-order valence-corrected chi connectivity index (χ1v) is 8.74. The summed E-state index contributed by atoms with van der Waals surface area (Å²) >= 11 is 4.24. The van der Waals surface area contributed by atoms with Crippen LogP contribution in [0.4, 0.5) is 0 Å². The van der Waals surface area contributed by atoms with Gasteiger partial charge in [0.05, 0.1) is 6.54 Å². The van der Waals surface area contributed by atoms with Gasteiger partial charge in [-0.3, -0.25) is 0 Å². The first kappa shape index (κ1) is 16.5. The molecular formula is C18H17N7S. The van der Waals surface area contributed by atoms with Crippen molar-refractivity contribution >= 4 is 12.6 Å². The predicted molar refractivity (Wildman–Crippen MR) is 101 cm³/mol. The zero-order valence-electron chi connectivity index (χ0n) is 14.2. The van der Waals surface area contributed by atoms with Gasteiger partial charge in [-0.25, -0.2) is 14.8 Å². The molecule has 0 spiro atoms. The summed E-state index contributed by atoms with van der Waals surface area (Å²) in [5.41, 5.74) is 4.30. The highest BCUT2D eigenvalue weighted by Gasteiger charge is 2.11. The van der Waals surface area contributed by atoms with Crippen LogP contribution in [0.2, 0.25) is 0 Å². The van der Waals surface area contributed by atoms with Gasteiger partial charge in [-0.2, -0.15) is 0 Å². The first-order chi connectivity index (χ1) is 12.7. The number of nitrogens with one attached hydrogen (secondary N) is 1. The van der Waals surface area contributed by atoms with E-state index in [9.17, 15) is 0 Å². The normalized spacial score (nSPS) is 11.0. The molecule has 0 unspecified atom stereocenters. The second kappa shape index (κ2) is 7.09. The van der Waals surface area contributed by atoms with Crippen molar-refractivity contribution in [2.45, 2.75) is 25.0 Å². The number of hydrogen-bond donors (Lipinski definition) is 2. The minimum absolute atomic E-state index is 0.507. The van der Waals surface area contributed by atoms with Gasteiger partial charge in [0.1, 0.15) is 5.82 Å². The largest absolute Gasteiger partial charge is 0.245 e. The lowest BCUT2D eigenvalue weighted by molar-refractivity contribution is 0.633. The summed E-state index contributed by atoms with van der Waals surface area (Å²) in [6, 6.07) is 16.4. The van der Waals surface area contributed by atoms with Gasteiger partial charge in [-0.1, -0.05) is 55.5 Å². The summed E-state index contributed by atoms with van der Waals surface area (Å²) in [6.07, 6.45) is 0.824. The van der Waals surface area contributed by atoms with E-state index in [4.69, 9.17) is 0 Å². The van der Waals surface area contributed by atoms with Crippen LogP contribution in [0.1, 0.15) is 18.3 Å². The maximum atomic E-state index is 4.35. The summed E-state index contributed by atoms with van der Waals surface area (Å²) in [5, 5.41) is 19.0. The molecule has 0 bridgehead atoms. The van der Waals surface area contributed by atoms with E-state index in [1.807, 2.05) is 22.9 Å². The summed E-state index contributed by atoms with van der Waals surface area (Å²) in [4.78, 5) is 4.32. The fourth-order valence-electron chi connectivity index (χ4n) is 2.93. The molecule has 0 aliphatic carbocycles. The van der Waals surface area contributed by atoms with Crippen molar-refractivity contribution in [1.29, 1.82) is 0 Å². The standard InChI is InChI=1S/C18H17N7S/c1-2-16-19-18(26)22-25(16)11-12-7-9-13(10-8-12)14-5-3-4-6-15(14)17-20-23-24-21-17/h3-10H,2,11H2,1H3,(H,22,26)(H,20,21,23,24). The van der Waals surface area contributed by atoms with Crippen molar-refractivity contribution in [2.75, 3.05) is 0 Å². The Labute approximate surface area is 155 Å². The topological polar surface area (TPSA) is 85.2 Å². The fourth-order valence-corrected chi connectivity index (χ4v) is 3.15. The second-order valence-electron chi connectivity index (χ2n) is 5.83. The van der Waals surface area contributed by atoms with Crippen LogP contribution < -0.4 is 0 Å². The Morgan fingerprint density at radius 2 is 1.81 bits per heavy atom. The summed E-state index contributed by atoms with van der Waals surface area (Å²) in [6.45, 7) is 2.73. The Morgan fingerprint density at radius 3 is 2.50 bits per heavy atom.